The number of nitrogens with zero attached hydrogens (tertiary/aromatic N) is 1. The third-order valence-electron chi connectivity index (χ3n) is 3.62. The number of benzene rings is 1. The van der Waals surface area contributed by atoms with Crippen LogP contribution in [0.15, 0.2) is 29.6 Å². The van der Waals surface area contributed by atoms with Crippen molar-refractivity contribution in [1.82, 2.24) is 9.97 Å². The van der Waals surface area contributed by atoms with Gasteiger partial charge in [0, 0.05) is 5.56 Å². The number of rotatable bonds is 3. The number of H-pyrrole nitrogens is 1. The van der Waals surface area contributed by atoms with Gasteiger partial charge in [0.05, 0.1) is 23.4 Å². The van der Waals surface area contributed by atoms with Gasteiger partial charge in [0.15, 0.2) is 0 Å². The van der Waals surface area contributed by atoms with Crippen molar-refractivity contribution in [3.05, 3.63) is 46.6 Å². The third-order valence-corrected chi connectivity index (χ3v) is 4.68. The predicted molar refractivity (Wildman–Crippen MR) is 88.4 cm³/mol. The molecule has 1 N–H and O–H groups in total. The van der Waals surface area contributed by atoms with Gasteiger partial charge in [0.1, 0.15) is 5.75 Å². The molecular formula is C17H15F3N2OS. The Labute approximate surface area is 141 Å². The second kappa shape index (κ2) is 5.98. The van der Waals surface area contributed by atoms with Gasteiger partial charge >= 0.3 is 6.18 Å². The fourth-order valence-corrected chi connectivity index (χ4v) is 3.38. The summed E-state index contributed by atoms with van der Waals surface area (Å²) in [7, 11) is 1.55. The van der Waals surface area contributed by atoms with E-state index in [1.54, 1.807) is 25.3 Å². The van der Waals surface area contributed by atoms with Crippen LogP contribution in [0.3, 0.4) is 0 Å². The zero-order valence-electron chi connectivity index (χ0n) is 13.3. The minimum atomic E-state index is -4.53. The number of alkyl halides is 3. The largest absolute Gasteiger partial charge is 0.496 e. The number of ether oxygens (including phenoxy) is 1. The molecule has 126 valence electrons. The molecule has 0 bridgehead atoms. The average molecular weight is 352 g/mol. The van der Waals surface area contributed by atoms with Gasteiger partial charge in [-0.25, -0.2) is 4.98 Å². The van der Waals surface area contributed by atoms with Gasteiger partial charge in [-0.2, -0.15) is 13.2 Å². The van der Waals surface area contributed by atoms with Gasteiger partial charge in [-0.3, -0.25) is 0 Å². The van der Waals surface area contributed by atoms with E-state index in [1.807, 2.05) is 25.3 Å². The van der Waals surface area contributed by atoms with E-state index in [2.05, 4.69) is 9.97 Å². The lowest BCUT2D eigenvalue weighted by molar-refractivity contribution is -0.144. The van der Waals surface area contributed by atoms with E-state index in [4.69, 9.17) is 4.74 Å². The Balaban J connectivity index is 2.18. The van der Waals surface area contributed by atoms with Crippen LogP contribution < -0.4 is 4.74 Å². The molecule has 0 aliphatic carbocycles. The highest BCUT2D eigenvalue weighted by Gasteiger charge is 2.36. The zero-order valence-corrected chi connectivity index (χ0v) is 14.1. The topological polar surface area (TPSA) is 37.9 Å². The van der Waals surface area contributed by atoms with Crippen molar-refractivity contribution in [2.24, 2.45) is 0 Å². The van der Waals surface area contributed by atoms with E-state index >= 15 is 0 Å². The molecule has 24 heavy (non-hydrogen) atoms. The SMILES string of the molecule is COc1ccc(-c2nc(C(F)(F)F)[nH]c2-c2cc(C)cs2)cc1C. The Morgan fingerprint density at radius 3 is 2.46 bits per heavy atom. The van der Waals surface area contributed by atoms with E-state index in [-0.39, 0.29) is 5.69 Å². The van der Waals surface area contributed by atoms with Crippen molar-refractivity contribution in [1.29, 1.82) is 0 Å². The molecule has 2 aromatic heterocycles. The van der Waals surface area contributed by atoms with Crippen LogP contribution in [0.25, 0.3) is 21.8 Å². The minimum absolute atomic E-state index is 0.287. The average Bonchev–Trinajstić information content (AvgIpc) is 3.12. The molecular weight excluding hydrogens is 337 g/mol. The lowest BCUT2D eigenvalue weighted by Gasteiger charge is -2.07. The smallest absolute Gasteiger partial charge is 0.449 e. The highest BCUT2D eigenvalue weighted by Crippen LogP contribution is 2.38. The van der Waals surface area contributed by atoms with Crippen LogP contribution in [-0.2, 0) is 6.18 Å². The summed E-state index contributed by atoms with van der Waals surface area (Å²) in [6, 6.07) is 7.07. The van der Waals surface area contributed by atoms with Gasteiger partial charge in [0.25, 0.3) is 0 Å². The monoisotopic (exact) mass is 352 g/mol. The first kappa shape index (κ1) is 16.6. The summed E-state index contributed by atoms with van der Waals surface area (Å²) in [6.45, 7) is 3.74. The standard InChI is InChI=1S/C17H15F3N2OS/c1-9-6-13(24-8-9)15-14(21-16(22-15)17(18,19)20)11-4-5-12(23-3)10(2)7-11/h4-8H,1-3H3,(H,21,22). The maximum absolute atomic E-state index is 13.1. The Morgan fingerprint density at radius 1 is 1.17 bits per heavy atom. The molecule has 3 nitrogen and oxygen atoms in total. The van der Waals surface area contributed by atoms with Gasteiger partial charge < -0.3 is 9.72 Å². The minimum Gasteiger partial charge on any atom is -0.496 e. The number of imidazole rings is 1. The van der Waals surface area contributed by atoms with Crippen molar-refractivity contribution in [3.8, 4) is 27.6 Å². The molecule has 0 fully saturated rings. The van der Waals surface area contributed by atoms with Crippen LogP contribution in [0.2, 0.25) is 0 Å². The molecule has 7 heteroatoms. The maximum Gasteiger partial charge on any atom is 0.449 e. The quantitative estimate of drug-likeness (QED) is 0.681. The molecule has 0 amide bonds. The number of aromatic amines is 1. The molecule has 0 saturated carbocycles. The number of methoxy groups -OCH3 is 1. The summed E-state index contributed by atoms with van der Waals surface area (Å²) in [5.74, 6) is -0.314. The van der Waals surface area contributed by atoms with Gasteiger partial charge in [-0.15, -0.1) is 11.3 Å². The molecule has 0 aliphatic rings. The Bertz CT molecular complexity index is 880. The molecule has 0 radical (unpaired) electrons. The number of halogens is 3. The van der Waals surface area contributed by atoms with Crippen LogP contribution in [0.1, 0.15) is 17.0 Å². The molecule has 0 spiro atoms. The predicted octanol–water partition coefficient (Wildman–Crippen LogP) is 5.45. The lowest BCUT2D eigenvalue weighted by atomic mass is 10.1. The van der Waals surface area contributed by atoms with E-state index < -0.39 is 12.0 Å². The highest BCUT2D eigenvalue weighted by molar-refractivity contribution is 7.13. The molecule has 0 atom stereocenters. The second-order valence-electron chi connectivity index (χ2n) is 5.48. The van der Waals surface area contributed by atoms with Crippen molar-refractivity contribution >= 4 is 11.3 Å². The summed E-state index contributed by atoms with van der Waals surface area (Å²) >= 11 is 1.38. The lowest BCUT2D eigenvalue weighted by Crippen LogP contribution is -2.07. The number of nitrogens with one attached hydrogen (secondary N) is 1. The fourth-order valence-electron chi connectivity index (χ4n) is 2.48. The van der Waals surface area contributed by atoms with E-state index in [9.17, 15) is 13.2 Å². The van der Waals surface area contributed by atoms with Crippen molar-refractivity contribution in [3.63, 3.8) is 0 Å². The van der Waals surface area contributed by atoms with Crippen LogP contribution >= 0.6 is 11.3 Å². The number of aryl methyl sites for hydroxylation is 2. The van der Waals surface area contributed by atoms with Crippen LogP contribution in [0.5, 0.6) is 5.75 Å². The Morgan fingerprint density at radius 2 is 1.92 bits per heavy atom. The summed E-state index contributed by atoms with van der Waals surface area (Å²) in [5.41, 5.74) is 3.11. The van der Waals surface area contributed by atoms with Gasteiger partial charge in [-0.1, -0.05) is 0 Å². The van der Waals surface area contributed by atoms with Crippen molar-refractivity contribution in [2.75, 3.05) is 7.11 Å². The molecule has 3 rings (SSSR count). The van der Waals surface area contributed by atoms with E-state index in [1.165, 1.54) is 11.3 Å². The summed E-state index contributed by atoms with van der Waals surface area (Å²) in [4.78, 5) is 6.98. The van der Waals surface area contributed by atoms with Crippen LogP contribution in [0, 0.1) is 13.8 Å². The summed E-state index contributed by atoms with van der Waals surface area (Å²) in [5, 5.41) is 1.90. The Kier molecular flexibility index (Phi) is 4.13. The number of hydrogen-bond acceptors (Lipinski definition) is 3. The van der Waals surface area contributed by atoms with E-state index in [0.29, 0.717) is 17.0 Å². The third kappa shape index (κ3) is 3.03. The second-order valence-corrected chi connectivity index (χ2v) is 6.39. The number of hydrogen-bond donors (Lipinski definition) is 1. The highest BCUT2D eigenvalue weighted by atomic mass is 32.1. The molecule has 2 heterocycles. The number of thiophene rings is 1. The summed E-state index contributed by atoms with van der Waals surface area (Å²) < 4.78 is 44.5. The van der Waals surface area contributed by atoms with Crippen LogP contribution in [-0.4, -0.2) is 17.1 Å². The molecule has 0 aliphatic heterocycles. The molecule has 3 aromatic rings. The normalized spacial score (nSPS) is 11.8. The Hall–Kier alpha value is -2.28. The first-order valence-electron chi connectivity index (χ1n) is 7.17. The number of aromatic nitrogens is 2. The molecule has 1 aromatic carbocycles. The zero-order chi connectivity index (χ0) is 17.5. The van der Waals surface area contributed by atoms with Gasteiger partial charge in [-0.05, 0) is 54.6 Å². The first-order valence-corrected chi connectivity index (χ1v) is 8.05. The summed E-state index contributed by atoms with van der Waals surface area (Å²) in [6.07, 6.45) is -4.53. The van der Waals surface area contributed by atoms with E-state index in [0.717, 1.165) is 16.0 Å². The molecule has 0 unspecified atom stereocenters. The fraction of sp³-hybridized carbons (Fsp3) is 0.235. The maximum atomic E-state index is 13.1. The van der Waals surface area contributed by atoms with Crippen LogP contribution in [0.4, 0.5) is 13.2 Å². The first-order chi connectivity index (χ1) is 11.3. The molecule has 0 saturated heterocycles. The van der Waals surface area contributed by atoms with Crippen molar-refractivity contribution < 1.29 is 17.9 Å². The van der Waals surface area contributed by atoms with Crippen molar-refractivity contribution in [2.45, 2.75) is 20.0 Å². The van der Waals surface area contributed by atoms with Gasteiger partial charge in [0.2, 0.25) is 5.82 Å².